The predicted octanol–water partition coefficient (Wildman–Crippen LogP) is 2.42. The van der Waals surface area contributed by atoms with Crippen LogP contribution in [0.3, 0.4) is 0 Å². The zero-order chi connectivity index (χ0) is 12.4. The van der Waals surface area contributed by atoms with E-state index in [0.29, 0.717) is 5.56 Å². The molecule has 0 fully saturated rings. The molecule has 0 aliphatic heterocycles. The SMILES string of the molecule is O=C(O)c1ccnn1Cc1ccc(Cl)c(F)c1. The Hall–Kier alpha value is -1.88. The van der Waals surface area contributed by atoms with Crippen molar-refractivity contribution in [2.75, 3.05) is 0 Å². The van der Waals surface area contributed by atoms with Crippen molar-refractivity contribution in [3.05, 3.63) is 52.6 Å². The van der Waals surface area contributed by atoms with E-state index in [1.807, 2.05) is 0 Å². The zero-order valence-corrected chi connectivity index (χ0v) is 9.36. The monoisotopic (exact) mass is 254 g/mol. The lowest BCUT2D eigenvalue weighted by Crippen LogP contribution is -2.10. The van der Waals surface area contributed by atoms with Crippen LogP contribution < -0.4 is 0 Å². The van der Waals surface area contributed by atoms with Gasteiger partial charge < -0.3 is 5.11 Å². The van der Waals surface area contributed by atoms with Crippen LogP contribution in [-0.4, -0.2) is 20.9 Å². The molecule has 0 aliphatic carbocycles. The van der Waals surface area contributed by atoms with Crippen molar-refractivity contribution in [2.45, 2.75) is 6.54 Å². The van der Waals surface area contributed by atoms with Gasteiger partial charge in [0.25, 0.3) is 0 Å². The topological polar surface area (TPSA) is 55.1 Å². The van der Waals surface area contributed by atoms with Crippen LogP contribution >= 0.6 is 11.6 Å². The number of carbonyl (C=O) groups is 1. The van der Waals surface area contributed by atoms with E-state index < -0.39 is 11.8 Å². The Labute approximate surface area is 101 Å². The molecule has 0 saturated carbocycles. The molecule has 0 amide bonds. The molecule has 2 aromatic rings. The van der Waals surface area contributed by atoms with E-state index in [9.17, 15) is 9.18 Å². The third kappa shape index (κ3) is 2.45. The summed E-state index contributed by atoms with van der Waals surface area (Å²) in [7, 11) is 0. The number of nitrogens with zero attached hydrogens (tertiary/aromatic N) is 2. The van der Waals surface area contributed by atoms with Crippen LogP contribution in [0.15, 0.2) is 30.5 Å². The Morgan fingerprint density at radius 3 is 2.88 bits per heavy atom. The first-order valence-electron chi connectivity index (χ1n) is 4.77. The summed E-state index contributed by atoms with van der Waals surface area (Å²) >= 11 is 5.55. The van der Waals surface area contributed by atoms with Crippen molar-refractivity contribution >= 4 is 17.6 Å². The lowest BCUT2D eigenvalue weighted by Gasteiger charge is -2.05. The van der Waals surface area contributed by atoms with E-state index >= 15 is 0 Å². The molecule has 1 heterocycles. The summed E-state index contributed by atoms with van der Waals surface area (Å²) in [5.41, 5.74) is 0.651. The number of carboxylic acid groups (broad SMARTS) is 1. The number of aromatic nitrogens is 2. The molecule has 17 heavy (non-hydrogen) atoms. The van der Waals surface area contributed by atoms with Crippen LogP contribution in [-0.2, 0) is 6.54 Å². The van der Waals surface area contributed by atoms with Crippen molar-refractivity contribution in [3.63, 3.8) is 0 Å². The normalized spacial score (nSPS) is 10.5. The summed E-state index contributed by atoms with van der Waals surface area (Å²) in [6, 6.07) is 5.69. The number of rotatable bonds is 3. The fourth-order valence-electron chi connectivity index (χ4n) is 1.45. The first kappa shape index (κ1) is 11.6. The maximum Gasteiger partial charge on any atom is 0.354 e. The van der Waals surface area contributed by atoms with E-state index in [1.165, 1.54) is 29.1 Å². The average molecular weight is 255 g/mol. The van der Waals surface area contributed by atoms with Crippen molar-refractivity contribution in [1.29, 1.82) is 0 Å². The van der Waals surface area contributed by atoms with E-state index in [4.69, 9.17) is 16.7 Å². The second kappa shape index (κ2) is 4.55. The molecule has 0 aliphatic rings. The fraction of sp³-hybridized carbons (Fsp3) is 0.0909. The number of benzene rings is 1. The summed E-state index contributed by atoms with van der Waals surface area (Å²) < 4.78 is 14.5. The summed E-state index contributed by atoms with van der Waals surface area (Å²) in [5.74, 6) is -1.61. The van der Waals surface area contributed by atoms with Gasteiger partial charge in [0.05, 0.1) is 11.6 Å². The first-order chi connectivity index (χ1) is 8.08. The van der Waals surface area contributed by atoms with Gasteiger partial charge in [0, 0.05) is 6.20 Å². The highest BCUT2D eigenvalue weighted by atomic mass is 35.5. The third-order valence-electron chi connectivity index (χ3n) is 2.25. The molecule has 4 nitrogen and oxygen atoms in total. The van der Waals surface area contributed by atoms with Crippen molar-refractivity contribution in [3.8, 4) is 0 Å². The van der Waals surface area contributed by atoms with Gasteiger partial charge in [0.15, 0.2) is 0 Å². The second-order valence-corrected chi connectivity index (χ2v) is 3.83. The van der Waals surface area contributed by atoms with Gasteiger partial charge in [-0.15, -0.1) is 0 Å². The predicted molar refractivity (Wildman–Crippen MR) is 59.7 cm³/mol. The van der Waals surface area contributed by atoms with Crippen LogP contribution in [0.5, 0.6) is 0 Å². The molecule has 0 saturated heterocycles. The van der Waals surface area contributed by atoms with E-state index in [0.717, 1.165) is 0 Å². The fourth-order valence-corrected chi connectivity index (χ4v) is 1.57. The molecule has 6 heteroatoms. The van der Waals surface area contributed by atoms with Gasteiger partial charge in [-0.1, -0.05) is 17.7 Å². The maximum absolute atomic E-state index is 13.2. The molecule has 1 aromatic carbocycles. The Morgan fingerprint density at radius 2 is 2.24 bits per heavy atom. The van der Waals surface area contributed by atoms with Gasteiger partial charge in [0.2, 0.25) is 0 Å². The number of hydrogen-bond acceptors (Lipinski definition) is 2. The third-order valence-corrected chi connectivity index (χ3v) is 2.56. The van der Waals surface area contributed by atoms with Gasteiger partial charge >= 0.3 is 5.97 Å². The maximum atomic E-state index is 13.2. The van der Waals surface area contributed by atoms with Crippen molar-refractivity contribution in [2.24, 2.45) is 0 Å². The molecule has 0 atom stereocenters. The van der Waals surface area contributed by atoms with E-state index in [-0.39, 0.29) is 17.3 Å². The summed E-state index contributed by atoms with van der Waals surface area (Å²) in [6.07, 6.45) is 1.38. The Bertz CT molecular complexity index is 568. The van der Waals surface area contributed by atoms with Crippen LogP contribution in [0.1, 0.15) is 16.1 Å². The Balaban J connectivity index is 2.28. The van der Waals surface area contributed by atoms with Crippen LogP contribution in [0.4, 0.5) is 4.39 Å². The largest absolute Gasteiger partial charge is 0.477 e. The second-order valence-electron chi connectivity index (χ2n) is 3.43. The van der Waals surface area contributed by atoms with Crippen LogP contribution in [0.25, 0.3) is 0 Å². The number of carboxylic acids is 1. The van der Waals surface area contributed by atoms with Gasteiger partial charge in [-0.2, -0.15) is 5.10 Å². The van der Waals surface area contributed by atoms with Crippen LogP contribution in [0.2, 0.25) is 5.02 Å². The highest BCUT2D eigenvalue weighted by molar-refractivity contribution is 6.30. The molecule has 0 bridgehead atoms. The first-order valence-corrected chi connectivity index (χ1v) is 5.15. The van der Waals surface area contributed by atoms with Gasteiger partial charge in [-0.25, -0.2) is 9.18 Å². The Morgan fingerprint density at radius 1 is 1.47 bits per heavy atom. The molecule has 1 aromatic heterocycles. The molecule has 0 spiro atoms. The molecule has 1 N–H and O–H groups in total. The Kier molecular flexibility index (Phi) is 3.10. The minimum atomic E-state index is -1.07. The average Bonchev–Trinajstić information content (AvgIpc) is 2.72. The number of aromatic carboxylic acids is 1. The minimum Gasteiger partial charge on any atom is -0.477 e. The smallest absolute Gasteiger partial charge is 0.354 e. The van der Waals surface area contributed by atoms with Crippen molar-refractivity contribution < 1.29 is 14.3 Å². The standard InChI is InChI=1S/C11H8ClFN2O2/c12-8-2-1-7(5-9(8)13)6-15-10(11(16)17)3-4-14-15/h1-5H,6H2,(H,16,17). The molecule has 2 rings (SSSR count). The molecule has 0 radical (unpaired) electrons. The highest BCUT2D eigenvalue weighted by Gasteiger charge is 2.10. The lowest BCUT2D eigenvalue weighted by molar-refractivity contribution is 0.0684. The summed E-state index contributed by atoms with van der Waals surface area (Å²) in [5, 5.41) is 12.8. The van der Waals surface area contributed by atoms with Crippen LogP contribution in [0, 0.1) is 5.82 Å². The summed E-state index contributed by atoms with van der Waals surface area (Å²) in [6.45, 7) is 0.183. The summed E-state index contributed by atoms with van der Waals surface area (Å²) in [4.78, 5) is 10.8. The molecular weight excluding hydrogens is 247 g/mol. The number of hydrogen-bond donors (Lipinski definition) is 1. The van der Waals surface area contributed by atoms with E-state index in [1.54, 1.807) is 6.07 Å². The number of halogens is 2. The zero-order valence-electron chi connectivity index (χ0n) is 8.60. The van der Waals surface area contributed by atoms with Gasteiger partial charge in [0.1, 0.15) is 11.5 Å². The van der Waals surface area contributed by atoms with E-state index in [2.05, 4.69) is 5.10 Å². The molecule has 88 valence electrons. The molecular formula is C11H8ClFN2O2. The molecule has 0 unspecified atom stereocenters. The highest BCUT2D eigenvalue weighted by Crippen LogP contribution is 2.16. The van der Waals surface area contributed by atoms with Gasteiger partial charge in [-0.05, 0) is 23.8 Å². The quantitative estimate of drug-likeness (QED) is 0.915. The van der Waals surface area contributed by atoms with Crippen molar-refractivity contribution in [1.82, 2.24) is 9.78 Å². The minimum absolute atomic E-state index is 0.0349. The lowest BCUT2D eigenvalue weighted by atomic mass is 10.2. The van der Waals surface area contributed by atoms with Gasteiger partial charge in [-0.3, -0.25) is 4.68 Å².